The number of carbonyl (C=O) groups is 1. The standard InChI is InChI=1S/C19H18NO4.C5H8O2.Ir/c1-21-13-7-5-6-12(10-13)15-9-8-14-16(20-15)11-17(22-2)19(24-4)18(14)23-3;1-4(6)3-5(2)7;/h5,7-11H,1-4H3;3,6H,1-2H3;/q-1;;/b;4-3-;. The van der Waals surface area contributed by atoms with Crippen LogP contribution in [0.5, 0.6) is 23.0 Å². The molecule has 2 aromatic carbocycles. The molecule has 0 aliphatic carbocycles. The van der Waals surface area contributed by atoms with Gasteiger partial charge in [-0.2, -0.15) is 0 Å². The molecule has 0 aliphatic heterocycles. The number of rotatable bonds is 6. The van der Waals surface area contributed by atoms with E-state index in [1.54, 1.807) is 28.4 Å². The molecule has 7 nitrogen and oxygen atoms in total. The van der Waals surface area contributed by atoms with Gasteiger partial charge in [0.25, 0.3) is 0 Å². The molecule has 32 heavy (non-hydrogen) atoms. The van der Waals surface area contributed by atoms with Gasteiger partial charge < -0.3 is 24.1 Å². The van der Waals surface area contributed by atoms with Crippen LogP contribution in [0.3, 0.4) is 0 Å². The number of carbonyl (C=O) groups excluding carboxylic acids is 1. The molecular formula is C24H26IrNO6-. The van der Waals surface area contributed by atoms with Gasteiger partial charge in [0.15, 0.2) is 17.3 Å². The first-order valence-electron chi connectivity index (χ1n) is 9.38. The zero-order chi connectivity index (χ0) is 23.0. The maximum Gasteiger partial charge on any atom is 0.204 e. The number of fused-ring (bicyclic) bond motifs is 1. The molecule has 1 heterocycles. The third-order valence-electron chi connectivity index (χ3n) is 4.19. The summed E-state index contributed by atoms with van der Waals surface area (Å²) < 4.78 is 21.6. The Morgan fingerprint density at radius 3 is 2.16 bits per heavy atom. The van der Waals surface area contributed by atoms with Crippen LogP contribution >= 0.6 is 0 Å². The van der Waals surface area contributed by atoms with E-state index in [2.05, 4.69) is 6.07 Å². The van der Waals surface area contributed by atoms with Gasteiger partial charge in [-0.3, -0.25) is 9.78 Å². The second-order valence-corrected chi connectivity index (χ2v) is 6.45. The Bertz CT molecular complexity index is 1090. The molecule has 0 unspecified atom stereocenters. The van der Waals surface area contributed by atoms with E-state index in [0.29, 0.717) is 17.2 Å². The minimum Gasteiger partial charge on any atom is -0.516 e. The molecule has 3 aromatic rings. The largest absolute Gasteiger partial charge is 0.516 e. The van der Waals surface area contributed by atoms with Crippen molar-refractivity contribution in [1.82, 2.24) is 4.98 Å². The van der Waals surface area contributed by atoms with Crippen LogP contribution < -0.4 is 18.9 Å². The van der Waals surface area contributed by atoms with E-state index >= 15 is 0 Å². The summed E-state index contributed by atoms with van der Waals surface area (Å²) >= 11 is 0. The van der Waals surface area contributed by atoms with Crippen LogP contribution in [0.15, 0.2) is 48.2 Å². The molecule has 0 fully saturated rings. The maximum atomic E-state index is 10.0. The van der Waals surface area contributed by atoms with Crippen molar-refractivity contribution in [3.05, 3.63) is 54.3 Å². The van der Waals surface area contributed by atoms with Crippen molar-refractivity contribution in [3.8, 4) is 34.3 Å². The summed E-state index contributed by atoms with van der Waals surface area (Å²) in [6.45, 7) is 2.85. The van der Waals surface area contributed by atoms with E-state index in [1.165, 1.54) is 19.9 Å². The SMILES string of the molecule is CC(=O)/C=C(/C)O.COc1cc[c-]c(-c2ccc3c(OC)c(OC)c(OC)cc3n2)c1.[Ir]. The Kier molecular flexibility index (Phi) is 10.7. The molecule has 8 heteroatoms. The fraction of sp³-hybridized carbons (Fsp3) is 0.250. The number of benzene rings is 2. The molecule has 0 aliphatic rings. The number of nitrogens with zero attached hydrogens (tertiary/aromatic N) is 1. The summed E-state index contributed by atoms with van der Waals surface area (Å²) in [7, 11) is 6.40. The van der Waals surface area contributed by atoms with Crippen molar-refractivity contribution < 1.29 is 49.0 Å². The Balaban J connectivity index is 0.000000558. The van der Waals surface area contributed by atoms with Crippen molar-refractivity contribution in [2.45, 2.75) is 13.8 Å². The fourth-order valence-electron chi connectivity index (χ4n) is 2.91. The van der Waals surface area contributed by atoms with Crippen LogP contribution in [0.25, 0.3) is 22.2 Å². The first kappa shape index (κ1) is 26.9. The quantitative estimate of drug-likeness (QED) is 0.243. The maximum absolute atomic E-state index is 10.0. The summed E-state index contributed by atoms with van der Waals surface area (Å²) in [5.74, 6) is 2.42. The van der Waals surface area contributed by atoms with Crippen molar-refractivity contribution in [2.75, 3.05) is 28.4 Å². The number of allylic oxidation sites excluding steroid dienone is 2. The topological polar surface area (TPSA) is 87.1 Å². The van der Waals surface area contributed by atoms with E-state index in [0.717, 1.165) is 27.9 Å². The molecule has 0 saturated heterocycles. The molecule has 173 valence electrons. The monoisotopic (exact) mass is 617 g/mol. The van der Waals surface area contributed by atoms with Gasteiger partial charge in [0.05, 0.1) is 39.7 Å². The molecule has 0 amide bonds. The van der Waals surface area contributed by atoms with Crippen molar-refractivity contribution in [2.24, 2.45) is 0 Å². The average molecular weight is 617 g/mol. The molecule has 0 saturated carbocycles. The van der Waals surface area contributed by atoms with Crippen LogP contribution in [0.1, 0.15) is 13.8 Å². The van der Waals surface area contributed by atoms with Crippen LogP contribution in [-0.4, -0.2) is 44.3 Å². The molecule has 0 spiro atoms. The number of methoxy groups -OCH3 is 4. The smallest absolute Gasteiger partial charge is 0.204 e. The van der Waals surface area contributed by atoms with E-state index in [1.807, 2.05) is 36.4 Å². The first-order chi connectivity index (χ1) is 14.8. The van der Waals surface area contributed by atoms with Crippen LogP contribution in [0.2, 0.25) is 0 Å². The van der Waals surface area contributed by atoms with Gasteiger partial charge in [0.1, 0.15) is 0 Å². The van der Waals surface area contributed by atoms with Crippen LogP contribution in [0.4, 0.5) is 0 Å². The predicted molar refractivity (Wildman–Crippen MR) is 119 cm³/mol. The summed E-state index contributed by atoms with van der Waals surface area (Å²) in [5, 5.41) is 9.21. The third-order valence-corrected chi connectivity index (χ3v) is 4.19. The Hall–Kier alpha value is -3.09. The Morgan fingerprint density at radius 1 is 0.969 bits per heavy atom. The number of aliphatic hydroxyl groups is 1. The second kappa shape index (κ2) is 12.7. The van der Waals surface area contributed by atoms with Crippen LogP contribution in [0, 0.1) is 6.07 Å². The molecule has 1 radical (unpaired) electrons. The number of ketones is 1. The third kappa shape index (κ3) is 6.70. The summed E-state index contributed by atoms with van der Waals surface area (Å²) in [6.07, 6.45) is 1.17. The fourth-order valence-corrected chi connectivity index (χ4v) is 2.91. The van der Waals surface area contributed by atoms with Crippen LogP contribution in [-0.2, 0) is 24.9 Å². The van der Waals surface area contributed by atoms with E-state index in [-0.39, 0.29) is 31.6 Å². The number of aliphatic hydroxyl groups excluding tert-OH is 1. The second-order valence-electron chi connectivity index (χ2n) is 6.45. The summed E-state index contributed by atoms with van der Waals surface area (Å²) in [4.78, 5) is 14.7. The van der Waals surface area contributed by atoms with Crippen molar-refractivity contribution in [3.63, 3.8) is 0 Å². The molecule has 3 rings (SSSR count). The van der Waals surface area contributed by atoms with Gasteiger partial charge >= 0.3 is 0 Å². The van der Waals surface area contributed by atoms with Gasteiger partial charge in [-0.25, -0.2) is 0 Å². The molecule has 0 atom stereocenters. The minimum atomic E-state index is -0.125. The zero-order valence-electron chi connectivity index (χ0n) is 18.8. The number of hydrogen-bond acceptors (Lipinski definition) is 7. The van der Waals surface area contributed by atoms with Gasteiger partial charge in [0.2, 0.25) is 5.75 Å². The number of ether oxygens (including phenoxy) is 4. The van der Waals surface area contributed by atoms with Gasteiger partial charge in [0, 0.05) is 43.4 Å². The molecule has 1 aromatic heterocycles. The molecule has 0 bridgehead atoms. The normalized spacial score (nSPS) is 10.4. The van der Waals surface area contributed by atoms with Gasteiger partial charge in [-0.1, -0.05) is 12.1 Å². The van der Waals surface area contributed by atoms with E-state index < -0.39 is 0 Å². The van der Waals surface area contributed by atoms with Crippen molar-refractivity contribution in [1.29, 1.82) is 0 Å². The number of aromatic nitrogens is 1. The van der Waals surface area contributed by atoms with E-state index in [9.17, 15) is 4.79 Å². The Morgan fingerprint density at radius 2 is 1.66 bits per heavy atom. The average Bonchev–Trinajstić information content (AvgIpc) is 2.76. The minimum absolute atomic E-state index is 0. The van der Waals surface area contributed by atoms with Crippen molar-refractivity contribution >= 4 is 16.7 Å². The Labute approximate surface area is 201 Å². The van der Waals surface area contributed by atoms with Gasteiger partial charge in [-0.15, -0.1) is 29.8 Å². The predicted octanol–water partition coefficient (Wildman–Crippen LogP) is 4.77. The summed E-state index contributed by atoms with van der Waals surface area (Å²) in [5.41, 5.74) is 2.39. The van der Waals surface area contributed by atoms with Gasteiger partial charge in [-0.05, 0) is 19.5 Å². The van der Waals surface area contributed by atoms with E-state index in [4.69, 9.17) is 29.0 Å². The molecule has 1 N–H and O–H groups in total. The summed E-state index contributed by atoms with van der Waals surface area (Å²) in [6, 6.07) is 14.4. The number of hydrogen-bond donors (Lipinski definition) is 1. The number of pyridine rings is 1. The first-order valence-corrected chi connectivity index (χ1v) is 9.38. The molecular weight excluding hydrogens is 590 g/mol. The zero-order valence-corrected chi connectivity index (χ0v) is 21.2.